The van der Waals surface area contributed by atoms with Gasteiger partial charge in [0, 0.05) is 23.4 Å². The number of aliphatic carboxylic acids is 1. The fourth-order valence-corrected chi connectivity index (χ4v) is 3.53. The number of benzene rings is 1. The second-order valence-corrected chi connectivity index (χ2v) is 5.17. The zero-order chi connectivity index (χ0) is 11.2. The fourth-order valence-electron chi connectivity index (χ4n) is 2.34. The van der Waals surface area contributed by atoms with Crippen molar-refractivity contribution in [3.8, 4) is 0 Å². The number of nitrogens with one attached hydrogen (secondary N) is 1. The van der Waals surface area contributed by atoms with Crippen LogP contribution < -0.4 is 5.32 Å². The summed E-state index contributed by atoms with van der Waals surface area (Å²) in [4.78, 5) is 11.4. The van der Waals surface area contributed by atoms with Gasteiger partial charge in [-0.3, -0.25) is 0 Å². The van der Waals surface area contributed by atoms with E-state index in [4.69, 9.17) is 5.11 Å². The Morgan fingerprint density at radius 2 is 2.25 bits per heavy atom. The first-order valence-corrected chi connectivity index (χ1v) is 6.12. The van der Waals surface area contributed by atoms with Gasteiger partial charge in [0.25, 0.3) is 0 Å². The normalized spacial score (nSPS) is 26.4. The predicted molar refractivity (Wildman–Crippen MR) is 64.8 cm³/mol. The van der Waals surface area contributed by atoms with Crippen molar-refractivity contribution >= 4 is 23.4 Å². The van der Waals surface area contributed by atoms with E-state index in [-0.39, 0.29) is 5.41 Å². The third kappa shape index (κ3) is 1.26. The van der Waals surface area contributed by atoms with E-state index < -0.39 is 5.97 Å². The fraction of sp³-hybridized carbons (Fsp3) is 0.250. The molecule has 2 heterocycles. The first-order chi connectivity index (χ1) is 7.71. The minimum Gasteiger partial charge on any atom is -0.477 e. The molecule has 1 aromatic carbocycles. The second-order valence-electron chi connectivity index (χ2n) is 4.16. The number of hydrogen-bond donors (Lipinski definition) is 2. The summed E-state index contributed by atoms with van der Waals surface area (Å²) in [7, 11) is 0. The molecule has 1 spiro atoms. The molecular formula is C12H11NO2S. The number of carboxylic acids is 1. The maximum atomic E-state index is 10.9. The van der Waals surface area contributed by atoms with Gasteiger partial charge < -0.3 is 10.4 Å². The summed E-state index contributed by atoms with van der Waals surface area (Å²) in [5, 5.41) is 12.3. The van der Waals surface area contributed by atoms with E-state index >= 15 is 0 Å². The SMILES string of the molecule is O=C(O)C1=CC2(CNc3ccccc32)CS1. The maximum absolute atomic E-state index is 10.9. The molecule has 0 aliphatic carbocycles. The predicted octanol–water partition coefficient (Wildman–Crippen LogP) is 2.07. The molecule has 0 bridgehead atoms. The lowest BCUT2D eigenvalue weighted by Crippen LogP contribution is -2.26. The molecule has 2 aliphatic rings. The van der Waals surface area contributed by atoms with Crippen LogP contribution in [0.2, 0.25) is 0 Å². The highest BCUT2D eigenvalue weighted by molar-refractivity contribution is 8.04. The molecule has 82 valence electrons. The smallest absolute Gasteiger partial charge is 0.341 e. The third-order valence-corrected chi connectivity index (χ3v) is 4.42. The highest BCUT2D eigenvalue weighted by Crippen LogP contribution is 2.46. The van der Waals surface area contributed by atoms with Crippen molar-refractivity contribution in [1.29, 1.82) is 0 Å². The highest BCUT2D eigenvalue weighted by Gasteiger charge is 2.42. The van der Waals surface area contributed by atoms with Gasteiger partial charge >= 0.3 is 5.97 Å². The first-order valence-electron chi connectivity index (χ1n) is 5.14. The van der Waals surface area contributed by atoms with Gasteiger partial charge in [0.2, 0.25) is 0 Å². The number of hydrogen-bond acceptors (Lipinski definition) is 3. The molecule has 2 aliphatic heterocycles. The van der Waals surface area contributed by atoms with Gasteiger partial charge in [-0.05, 0) is 11.6 Å². The lowest BCUT2D eigenvalue weighted by molar-refractivity contribution is -0.131. The molecule has 0 saturated heterocycles. The quantitative estimate of drug-likeness (QED) is 0.779. The van der Waals surface area contributed by atoms with Crippen LogP contribution in [0.25, 0.3) is 0 Å². The maximum Gasteiger partial charge on any atom is 0.341 e. The number of para-hydroxylation sites is 1. The zero-order valence-corrected chi connectivity index (χ0v) is 9.38. The van der Waals surface area contributed by atoms with Gasteiger partial charge in [0.1, 0.15) is 0 Å². The Labute approximate surface area is 97.5 Å². The average Bonchev–Trinajstić information content (AvgIpc) is 2.87. The molecule has 16 heavy (non-hydrogen) atoms. The van der Waals surface area contributed by atoms with Crippen molar-refractivity contribution in [3.63, 3.8) is 0 Å². The second kappa shape index (κ2) is 3.28. The Bertz CT molecular complexity index is 498. The molecule has 4 heteroatoms. The van der Waals surface area contributed by atoms with Crippen LogP contribution in [0.4, 0.5) is 5.69 Å². The van der Waals surface area contributed by atoms with E-state index in [0.29, 0.717) is 4.91 Å². The van der Waals surface area contributed by atoms with Crippen molar-refractivity contribution in [3.05, 3.63) is 40.8 Å². The summed E-state index contributed by atoms with van der Waals surface area (Å²) < 4.78 is 0. The molecule has 0 saturated carbocycles. The summed E-state index contributed by atoms with van der Waals surface area (Å²) in [6, 6.07) is 8.12. The Balaban J connectivity index is 2.07. The van der Waals surface area contributed by atoms with Gasteiger partial charge in [-0.1, -0.05) is 24.3 Å². The van der Waals surface area contributed by atoms with E-state index in [1.165, 1.54) is 17.3 Å². The van der Waals surface area contributed by atoms with Crippen molar-refractivity contribution in [2.24, 2.45) is 0 Å². The van der Waals surface area contributed by atoms with E-state index in [1.54, 1.807) is 0 Å². The van der Waals surface area contributed by atoms with Crippen LogP contribution in [0, 0.1) is 0 Å². The van der Waals surface area contributed by atoms with Crippen molar-refractivity contribution in [2.45, 2.75) is 5.41 Å². The van der Waals surface area contributed by atoms with Gasteiger partial charge in [-0.25, -0.2) is 4.79 Å². The summed E-state index contributed by atoms with van der Waals surface area (Å²) in [6.07, 6.45) is 1.90. The van der Waals surface area contributed by atoms with Crippen LogP contribution in [0.3, 0.4) is 0 Å². The van der Waals surface area contributed by atoms with Gasteiger partial charge in [-0.15, -0.1) is 11.8 Å². The van der Waals surface area contributed by atoms with Gasteiger partial charge in [-0.2, -0.15) is 0 Å². The van der Waals surface area contributed by atoms with Crippen LogP contribution in [0.15, 0.2) is 35.2 Å². The number of rotatable bonds is 1. The number of fused-ring (bicyclic) bond motifs is 2. The topological polar surface area (TPSA) is 49.3 Å². The summed E-state index contributed by atoms with van der Waals surface area (Å²) in [5.74, 6) is 0.00445. The van der Waals surface area contributed by atoms with Crippen molar-refractivity contribution in [1.82, 2.24) is 0 Å². The van der Waals surface area contributed by atoms with Gasteiger partial charge in [0.15, 0.2) is 0 Å². The van der Waals surface area contributed by atoms with Crippen molar-refractivity contribution < 1.29 is 9.90 Å². The van der Waals surface area contributed by atoms with Crippen LogP contribution >= 0.6 is 11.8 Å². The first kappa shape index (κ1) is 9.78. The molecule has 1 unspecified atom stereocenters. The van der Waals surface area contributed by atoms with E-state index in [9.17, 15) is 4.79 Å². The lowest BCUT2D eigenvalue weighted by Gasteiger charge is -2.19. The van der Waals surface area contributed by atoms with Crippen LogP contribution in [0.5, 0.6) is 0 Å². The van der Waals surface area contributed by atoms with Gasteiger partial charge in [0.05, 0.1) is 4.91 Å². The van der Waals surface area contributed by atoms with E-state index in [2.05, 4.69) is 11.4 Å². The average molecular weight is 233 g/mol. The van der Waals surface area contributed by atoms with Crippen LogP contribution in [0.1, 0.15) is 5.56 Å². The molecule has 0 fully saturated rings. The third-order valence-electron chi connectivity index (χ3n) is 3.16. The van der Waals surface area contributed by atoms with Crippen LogP contribution in [-0.4, -0.2) is 23.4 Å². The molecule has 1 atom stereocenters. The Kier molecular flexibility index (Phi) is 2.01. The standard InChI is InChI=1S/C12H11NO2S/c14-11(15)10-5-12(7-16-10)6-13-9-4-2-1-3-8(9)12/h1-5,13H,6-7H2,(H,14,15). The molecule has 0 radical (unpaired) electrons. The minimum absolute atomic E-state index is 0.116. The molecular weight excluding hydrogens is 222 g/mol. The monoisotopic (exact) mass is 233 g/mol. The molecule has 3 nitrogen and oxygen atoms in total. The highest BCUT2D eigenvalue weighted by atomic mass is 32.2. The Hall–Kier alpha value is -1.42. The van der Waals surface area contributed by atoms with E-state index in [1.807, 2.05) is 24.3 Å². The Morgan fingerprint density at radius 3 is 3.00 bits per heavy atom. The molecule has 1 aromatic rings. The largest absolute Gasteiger partial charge is 0.477 e. The lowest BCUT2D eigenvalue weighted by atomic mass is 9.84. The van der Waals surface area contributed by atoms with E-state index in [0.717, 1.165) is 18.0 Å². The summed E-state index contributed by atoms with van der Waals surface area (Å²) in [6.45, 7) is 0.802. The zero-order valence-electron chi connectivity index (χ0n) is 8.56. The molecule has 2 N–H and O–H groups in total. The summed E-state index contributed by atoms with van der Waals surface area (Å²) >= 11 is 1.43. The molecule has 0 aromatic heterocycles. The number of carboxylic acid groups (broad SMARTS) is 1. The molecule has 3 rings (SSSR count). The summed E-state index contributed by atoms with van der Waals surface area (Å²) in [5.41, 5.74) is 2.24. The number of carbonyl (C=O) groups is 1. The molecule has 0 amide bonds. The number of anilines is 1. The minimum atomic E-state index is -0.814. The van der Waals surface area contributed by atoms with Crippen molar-refractivity contribution in [2.75, 3.05) is 17.6 Å². The van der Waals surface area contributed by atoms with Crippen LogP contribution in [-0.2, 0) is 10.2 Å². The number of thioether (sulfide) groups is 1. The Morgan fingerprint density at radius 1 is 1.44 bits per heavy atom.